The molecule has 0 saturated carbocycles. The van der Waals surface area contributed by atoms with Gasteiger partial charge in [0.25, 0.3) is 0 Å². The van der Waals surface area contributed by atoms with E-state index >= 15 is 0 Å². The van der Waals surface area contributed by atoms with Crippen LogP contribution in [0, 0.1) is 5.82 Å². The Morgan fingerprint density at radius 3 is 2.90 bits per heavy atom. The van der Waals surface area contributed by atoms with Crippen LogP contribution in [0.25, 0.3) is 0 Å². The highest BCUT2D eigenvalue weighted by molar-refractivity contribution is 7.99. The Bertz CT molecular complexity index is 603. The molecule has 2 unspecified atom stereocenters. The molecule has 1 aliphatic heterocycles. The molecular formula is C16H17FN2S. The molecule has 2 aromatic carbocycles. The van der Waals surface area contributed by atoms with Gasteiger partial charge in [0.15, 0.2) is 0 Å². The van der Waals surface area contributed by atoms with Gasteiger partial charge in [0.1, 0.15) is 5.82 Å². The van der Waals surface area contributed by atoms with Crippen molar-refractivity contribution in [3.05, 3.63) is 65.5 Å². The lowest BCUT2D eigenvalue weighted by molar-refractivity contribution is 0.462. The molecule has 0 bridgehead atoms. The lowest BCUT2D eigenvalue weighted by Crippen LogP contribution is -2.41. The Morgan fingerprint density at radius 2 is 2.10 bits per heavy atom. The molecule has 0 fully saturated rings. The van der Waals surface area contributed by atoms with Gasteiger partial charge in [-0.05, 0) is 35.7 Å². The van der Waals surface area contributed by atoms with Crippen molar-refractivity contribution in [2.24, 2.45) is 5.84 Å². The second kappa shape index (κ2) is 5.95. The molecule has 20 heavy (non-hydrogen) atoms. The summed E-state index contributed by atoms with van der Waals surface area (Å²) in [7, 11) is 0. The zero-order valence-electron chi connectivity index (χ0n) is 11.1. The number of fused-ring (bicyclic) bond motifs is 1. The number of nitrogens with one attached hydrogen (secondary N) is 1. The van der Waals surface area contributed by atoms with Gasteiger partial charge in [-0.1, -0.05) is 30.3 Å². The van der Waals surface area contributed by atoms with Crippen molar-refractivity contribution in [2.75, 3.05) is 5.75 Å². The predicted molar refractivity (Wildman–Crippen MR) is 81.1 cm³/mol. The normalized spacial score (nSPS) is 18.8. The van der Waals surface area contributed by atoms with Crippen LogP contribution in [0.3, 0.4) is 0 Å². The summed E-state index contributed by atoms with van der Waals surface area (Å²) in [6.45, 7) is 0. The van der Waals surface area contributed by atoms with Crippen LogP contribution in [-0.2, 0) is 6.42 Å². The molecular weight excluding hydrogens is 271 g/mol. The van der Waals surface area contributed by atoms with E-state index in [2.05, 4.69) is 29.7 Å². The first kappa shape index (κ1) is 13.6. The molecule has 1 aliphatic rings. The van der Waals surface area contributed by atoms with E-state index < -0.39 is 0 Å². The van der Waals surface area contributed by atoms with Crippen LogP contribution in [0.15, 0.2) is 53.4 Å². The third kappa shape index (κ3) is 2.73. The second-order valence-corrected chi connectivity index (χ2v) is 6.12. The Kier molecular flexibility index (Phi) is 4.05. The van der Waals surface area contributed by atoms with Gasteiger partial charge < -0.3 is 0 Å². The topological polar surface area (TPSA) is 38.0 Å². The van der Waals surface area contributed by atoms with Gasteiger partial charge in [-0.25, -0.2) is 4.39 Å². The molecule has 4 heteroatoms. The standard InChI is InChI=1S/C16H17FN2S/c17-12-5-3-4-11(8-12)9-15(19-18)14-10-20-16-7-2-1-6-13(14)16/h1-8,14-15,19H,9-10,18H2. The average molecular weight is 288 g/mol. The lowest BCUT2D eigenvalue weighted by atomic mass is 9.89. The van der Waals surface area contributed by atoms with E-state index in [0.29, 0.717) is 5.92 Å². The number of hydrogen-bond donors (Lipinski definition) is 2. The van der Waals surface area contributed by atoms with Crippen LogP contribution >= 0.6 is 11.8 Å². The van der Waals surface area contributed by atoms with Crippen molar-refractivity contribution in [3.63, 3.8) is 0 Å². The van der Waals surface area contributed by atoms with Crippen molar-refractivity contribution in [3.8, 4) is 0 Å². The number of hydrogen-bond acceptors (Lipinski definition) is 3. The third-order valence-electron chi connectivity index (χ3n) is 3.78. The van der Waals surface area contributed by atoms with Gasteiger partial charge in [-0.3, -0.25) is 11.3 Å². The smallest absolute Gasteiger partial charge is 0.123 e. The quantitative estimate of drug-likeness (QED) is 0.670. The number of benzene rings is 2. The molecule has 0 radical (unpaired) electrons. The molecule has 2 nitrogen and oxygen atoms in total. The molecule has 0 saturated heterocycles. The molecule has 3 N–H and O–H groups in total. The number of thioether (sulfide) groups is 1. The molecule has 104 valence electrons. The zero-order valence-corrected chi connectivity index (χ0v) is 11.9. The Hall–Kier alpha value is -1.36. The summed E-state index contributed by atoms with van der Waals surface area (Å²) >= 11 is 1.86. The Balaban J connectivity index is 1.81. The van der Waals surface area contributed by atoms with E-state index in [4.69, 9.17) is 5.84 Å². The van der Waals surface area contributed by atoms with E-state index in [-0.39, 0.29) is 11.9 Å². The molecule has 0 aromatic heterocycles. The van der Waals surface area contributed by atoms with Gasteiger partial charge in [0.05, 0.1) is 0 Å². The van der Waals surface area contributed by atoms with Gasteiger partial charge in [-0.2, -0.15) is 0 Å². The largest absolute Gasteiger partial charge is 0.271 e. The minimum Gasteiger partial charge on any atom is -0.271 e. The van der Waals surface area contributed by atoms with Crippen molar-refractivity contribution >= 4 is 11.8 Å². The van der Waals surface area contributed by atoms with E-state index in [1.165, 1.54) is 16.5 Å². The van der Waals surface area contributed by atoms with Crippen molar-refractivity contribution in [1.29, 1.82) is 0 Å². The maximum Gasteiger partial charge on any atom is 0.123 e. The molecule has 1 heterocycles. The zero-order chi connectivity index (χ0) is 13.9. The van der Waals surface area contributed by atoms with E-state index in [1.807, 2.05) is 17.8 Å². The van der Waals surface area contributed by atoms with Crippen LogP contribution in [0.5, 0.6) is 0 Å². The van der Waals surface area contributed by atoms with Crippen molar-refractivity contribution in [1.82, 2.24) is 5.43 Å². The monoisotopic (exact) mass is 288 g/mol. The SMILES string of the molecule is NNC(Cc1cccc(F)c1)C1CSc2ccccc21. The fraction of sp³-hybridized carbons (Fsp3) is 0.250. The van der Waals surface area contributed by atoms with Crippen LogP contribution in [-0.4, -0.2) is 11.8 Å². The van der Waals surface area contributed by atoms with E-state index in [1.54, 1.807) is 12.1 Å². The first-order valence-corrected chi connectivity index (χ1v) is 7.69. The predicted octanol–water partition coefficient (Wildman–Crippen LogP) is 3.09. The van der Waals surface area contributed by atoms with Crippen LogP contribution in [0.2, 0.25) is 0 Å². The van der Waals surface area contributed by atoms with Gasteiger partial charge in [0, 0.05) is 22.6 Å². The van der Waals surface area contributed by atoms with Crippen LogP contribution in [0.1, 0.15) is 17.0 Å². The van der Waals surface area contributed by atoms with Crippen molar-refractivity contribution < 1.29 is 4.39 Å². The van der Waals surface area contributed by atoms with Crippen LogP contribution < -0.4 is 11.3 Å². The highest BCUT2D eigenvalue weighted by Gasteiger charge is 2.29. The highest BCUT2D eigenvalue weighted by Crippen LogP contribution is 2.41. The van der Waals surface area contributed by atoms with Gasteiger partial charge >= 0.3 is 0 Å². The highest BCUT2D eigenvalue weighted by atomic mass is 32.2. The molecule has 2 atom stereocenters. The molecule has 3 rings (SSSR count). The van der Waals surface area contributed by atoms with Gasteiger partial charge in [0.2, 0.25) is 0 Å². The van der Waals surface area contributed by atoms with Gasteiger partial charge in [-0.15, -0.1) is 11.8 Å². The second-order valence-electron chi connectivity index (χ2n) is 5.06. The average Bonchev–Trinajstić information content (AvgIpc) is 2.89. The first-order valence-electron chi connectivity index (χ1n) is 6.70. The number of rotatable bonds is 4. The van der Waals surface area contributed by atoms with E-state index in [9.17, 15) is 4.39 Å². The van der Waals surface area contributed by atoms with Crippen LogP contribution in [0.4, 0.5) is 4.39 Å². The van der Waals surface area contributed by atoms with E-state index in [0.717, 1.165) is 17.7 Å². The Morgan fingerprint density at radius 1 is 1.25 bits per heavy atom. The number of hydrazine groups is 1. The molecule has 0 aliphatic carbocycles. The fourth-order valence-corrected chi connectivity index (χ4v) is 4.09. The lowest BCUT2D eigenvalue weighted by Gasteiger charge is -2.23. The molecule has 0 amide bonds. The maximum absolute atomic E-state index is 13.3. The number of nitrogens with two attached hydrogens (primary N) is 1. The summed E-state index contributed by atoms with van der Waals surface area (Å²) in [5.41, 5.74) is 5.24. The summed E-state index contributed by atoms with van der Waals surface area (Å²) in [5, 5.41) is 0. The third-order valence-corrected chi connectivity index (χ3v) is 4.99. The first-order chi connectivity index (χ1) is 9.78. The minimum absolute atomic E-state index is 0.118. The Labute approximate surface area is 122 Å². The fourth-order valence-electron chi connectivity index (χ4n) is 2.76. The summed E-state index contributed by atoms with van der Waals surface area (Å²) in [4.78, 5) is 1.33. The molecule has 2 aromatic rings. The minimum atomic E-state index is -0.195. The summed E-state index contributed by atoms with van der Waals surface area (Å²) in [6, 6.07) is 15.3. The molecule has 0 spiro atoms. The summed E-state index contributed by atoms with van der Waals surface area (Å²) in [5.74, 6) is 6.93. The summed E-state index contributed by atoms with van der Waals surface area (Å²) in [6.07, 6.45) is 0.730. The van der Waals surface area contributed by atoms with Crippen molar-refractivity contribution in [2.45, 2.75) is 23.3 Å². The number of halogens is 1. The maximum atomic E-state index is 13.3. The summed E-state index contributed by atoms with van der Waals surface area (Å²) < 4.78 is 13.3.